The molecule has 190 valence electrons. The van der Waals surface area contributed by atoms with Gasteiger partial charge in [-0.15, -0.1) is 0 Å². The molecule has 2 aromatic carbocycles. The molecule has 1 atom stereocenters. The molecule has 0 aliphatic heterocycles. The van der Waals surface area contributed by atoms with Crippen molar-refractivity contribution < 1.29 is 22.7 Å². The monoisotopic (exact) mass is 521 g/mol. The number of hydrogen-bond acceptors (Lipinski definition) is 5. The van der Waals surface area contributed by atoms with Gasteiger partial charge in [0.25, 0.3) is 0 Å². The van der Waals surface area contributed by atoms with E-state index in [0.717, 1.165) is 41.8 Å². The second-order valence-corrected chi connectivity index (χ2v) is 11.1. The summed E-state index contributed by atoms with van der Waals surface area (Å²) >= 11 is 6.25. The van der Waals surface area contributed by atoms with Crippen molar-refractivity contribution >= 4 is 39.1 Å². The molecule has 0 radical (unpaired) electrons. The third kappa shape index (κ3) is 7.11. The standard InChI is InChI=1S/C25H32ClN3O5S/c1-18(25(31)27-20-10-4-5-11-20)28(16-19-9-8-12-21(15-19)34-2)24(30)17-29(35(3,32)33)23-14-7-6-13-22(23)26/h6-9,12-15,18,20H,4-5,10-11,16-17H2,1-3H3,(H,27,31)/t18-/m1/s1. The second-order valence-electron chi connectivity index (χ2n) is 8.76. The van der Waals surface area contributed by atoms with Gasteiger partial charge in [0.05, 0.1) is 24.1 Å². The number of anilines is 1. The van der Waals surface area contributed by atoms with Crippen LogP contribution < -0.4 is 14.4 Å². The number of halogens is 1. The number of nitrogens with zero attached hydrogens (tertiary/aromatic N) is 2. The molecule has 0 bridgehead atoms. The first kappa shape index (κ1) is 26.8. The summed E-state index contributed by atoms with van der Waals surface area (Å²) in [6.45, 7) is 1.27. The van der Waals surface area contributed by atoms with E-state index in [1.54, 1.807) is 56.5 Å². The Morgan fingerprint density at radius 1 is 1.14 bits per heavy atom. The molecule has 2 amide bonds. The van der Waals surface area contributed by atoms with Crippen LogP contribution in [0, 0.1) is 0 Å². The summed E-state index contributed by atoms with van der Waals surface area (Å²) in [4.78, 5) is 28.1. The Kier molecular flexibility index (Phi) is 9.02. The van der Waals surface area contributed by atoms with Crippen LogP contribution in [-0.4, -0.2) is 57.1 Å². The summed E-state index contributed by atoms with van der Waals surface area (Å²) in [6.07, 6.45) is 4.97. The van der Waals surface area contributed by atoms with Crippen LogP contribution in [0.4, 0.5) is 5.69 Å². The molecule has 1 saturated carbocycles. The van der Waals surface area contributed by atoms with E-state index in [2.05, 4.69) is 5.32 Å². The molecule has 1 aliphatic rings. The Morgan fingerprint density at radius 2 is 1.83 bits per heavy atom. The normalized spacial score (nSPS) is 14.9. The Bertz CT molecular complexity index is 1150. The highest BCUT2D eigenvalue weighted by Gasteiger charge is 2.31. The molecular weight excluding hydrogens is 490 g/mol. The Morgan fingerprint density at radius 3 is 2.46 bits per heavy atom. The number of rotatable bonds is 10. The van der Waals surface area contributed by atoms with Crippen molar-refractivity contribution in [1.29, 1.82) is 0 Å². The van der Waals surface area contributed by atoms with E-state index in [0.29, 0.717) is 5.75 Å². The van der Waals surface area contributed by atoms with Gasteiger partial charge in [-0.05, 0) is 49.6 Å². The van der Waals surface area contributed by atoms with Gasteiger partial charge >= 0.3 is 0 Å². The number of amides is 2. The van der Waals surface area contributed by atoms with Crippen molar-refractivity contribution in [1.82, 2.24) is 10.2 Å². The van der Waals surface area contributed by atoms with Crippen molar-refractivity contribution in [2.75, 3.05) is 24.2 Å². The van der Waals surface area contributed by atoms with E-state index >= 15 is 0 Å². The van der Waals surface area contributed by atoms with Crippen molar-refractivity contribution in [3.05, 3.63) is 59.1 Å². The number of hydrogen-bond donors (Lipinski definition) is 1. The molecule has 10 heteroatoms. The summed E-state index contributed by atoms with van der Waals surface area (Å²) in [5.74, 6) is -0.171. The fourth-order valence-electron chi connectivity index (χ4n) is 4.19. The Labute approximate surface area is 212 Å². The minimum atomic E-state index is -3.84. The van der Waals surface area contributed by atoms with E-state index in [9.17, 15) is 18.0 Å². The SMILES string of the molecule is COc1cccc(CN(C(=O)CN(c2ccccc2Cl)S(C)(=O)=O)[C@H](C)C(=O)NC2CCCC2)c1. The zero-order valence-corrected chi connectivity index (χ0v) is 21.8. The lowest BCUT2D eigenvalue weighted by Gasteiger charge is -2.32. The van der Waals surface area contributed by atoms with E-state index in [1.807, 2.05) is 6.07 Å². The van der Waals surface area contributed by atoms with E-state index in [1.165, 1.54) is 4.90 Å². The molecule has 2 aromatic rings. The average molecular weight is 522 g/mol. The maximum absolute atomic E-state index is 13.6. The molecule has 8 nitrogen and oxygen atoms in total. The summed E-state index contributed by atoms with van der Waals surface area (Å²) in [7, 11) is -2.29. The maximum Gasteiger partial charge on any atom is 0.244 e. The molecule has 0 aromatic heterocycles. The van der Waals surface area contributed by atoms with Crippen LogP contribution in [0.1, 0.15) is 38.2 Å². The number of methoxy groups -OCH3 is 1. The van der Waals surface area contributed by atoms with Crippen molar-refractivity contribution in [3.8, 4) is 5.75 Å². The van der Waals surface area contributed by atoms with E-state index in [-0.39, 0.29) is 29.2 Å². The lowest BCUT2D eigenvalue weighted by molar-refractivity contribution is -0.139. The van der Waals surface area contributed by atoms with Gasteiger partial charge in [0.2, 0.25) is 21.8 Å². The molecule has 1 N–H and O–H groups in total. The fourth-order valence-corrected chi connectivity index (χ4v) is 5.34. The van der Waals surface area contributed by atoms with Gasteiger partial charge < -0.3 is 15.0 Å². The van der Waals surface area contributed by atoms with Crippen molar-refractivity contribution in [2.45, 2.75) is 51.2 Å². The lowest BCUT2D eigenvalue weighted by Crippen LogP contribution is -2.52. The maximum atomic E-state index is 13.6. The quantitative estimate of drug-likeness (QED) is 0.515. The van der Waals surface area contributed by atoms with Gasteiger partial charge in [-0.3, -0.25) is 13.9 Å². The zero-order chi connectivity index (χ0) is 25.6. The zero-order valence-electron chi connectivity index (χ0n) is 20.2. The smallest absolute Gasteiger partial charge is 0.244 e. The molecule has 0 saturated heterocycles. The largest absolute Gasteiger partial charge is 0.497 e. The average Bonchev–Trinajstić information content (AvgIpc) is 3.33. The van der Waals surface area contributed by atoms with Crippen LogP contribution in [0.3, 0.4) is 0 Å². The number of carbonyl (C=O) groups excluding carboxylic acids is 2. The number of para-hydroxylation sites is 1. The third-order valence-corrected chi connectivity index (χ3v) is 7.60. The van der Waals surface area contributed by atoms with Gasteiger partial charge in [0, 0.05) is 12.6 Å². The summed E-state index contributed by atoms with van der Waals surface area (Å²) < 4.78 is 31.5. The summed E-state index contributed by atoms with van der Waals surface area (Å²) in [5.41, 5.74) is 0.955. The van der Waals surface area contributed by atoms with Crippen LogP contribution in [-0.2, 0) is 26.2 Å². The van der Waals surface area contributed by atoms with Gasteiger partial charge in [-0.25, -0.2) is 8.42 Å². The van der Waals surface area contributed by atoms with Gasteiger partial charge in [0.1, 0.15) is 18.3 Å². The number of nitrogens with one attached hydrogen (secondary N) is 1. The minimum absolute atomic E-state index is 0.0920. The highest BCUT2D eigenvalue weighted by molar-refractivity contribution is 7.92. The molecule has 1 fully saturated rings. The predicted octanol–water partition coefficient (Wildman–Crippen LogP) is 3.59. The Hall–Kier alpha value is -2.78. The second kappa shape index (κ2) is 11.8. The van der Waals surface area contributed by atoms with Gasteiger partial charge in [0.15, 0.2) is 0 Å². The van der Waals surface area contributed by atoms with E-state index in [4.69, 9.17) is 16.3 Å². The lowest BCUT2D eigenvalue weighted by atomic mass is 10.1. The van der Waals surface area contributed by atoms with Crippen LogP contribution in [0.2, 0.25) is 5.02 Å². The number of ether oxygens (including phenoxy) is 1. The molecule has 0 unspecified atom stereocenters. The molecule has 1 aliphatic carbocycles. The molecule has 3 rings (SSSR count). The van der Waals surface area contributed by atoms with Crippen LogP contribution in [0.15, 0.2) is 48.5 Å². The number of sulfonamides is 1. The summed E-state index contributed by atoms with van der Waals surface area (Å²) in [6, 6.07) is 12.9. The topological polar surface area (TPSA) is 96.0 Å². The molecular formula is C25H32ClN3O5S. The minimum Gasteiger partial charge on any atom is -0.497 e. The highest BCUT2D eigenvalue weighted by atomic mass is 35.5. The third-order valence-electron chi connectivity index (χ3n) is 6.16. The Balaban J connectivity index is 1.90. The number of benzene rings is 2. The van der Waals surface area contributed by atoms with Gasteiger partial charge in [-0.1, -0.05) is 48.7 Å². The highest BCUT2D eigenvalue weighted by Crippen LogP contribution is 2.27. The first-order chi connectivity index (χ1) is 16.6. The van der Waals surface area contributed by atoms with Crippen molar-refractivity contribution in [2.24, 2.45) is 0 Å². The van der Waals surface area contributed by atoms with Gasteiger partial charge in [-0.2, -0.15) is 0 Å². The molecule has 35 heavy (non-hydrogen) atoms. The van der Waals surface area contributed by atoms with E-state index < -0.39 is 28.5 Å². The number of carbonyl (C=O) groups is 2. The van der Waals surface area contributed by atoms with Crippen molar-refractivity contribution in [3.63, 3.8) is 0 Å². The first-order valence-electron chi connectivity index (χ1n) is 11.5. The fraction of sp³-hybridized carbons (Fsp3) is 0.440. The predicted molar refractivity (Wildman–Crippen MR) is 137 cm³/mol. The van der Waals surface area contributed by atoms with Crippen LogP contribution in [0.25, 0.3) is 0 Å². The molecule has 0 spiro atoms. The summed E-state index contributed by atoms with van der Waals surface area (Å²) in [5, 5.41) is 3.24. The van der Waals surface area contributed by atoms with Crippen LogP contribution >= 0.6 is 11.6 Å². The molecule has 0 heterocycles. The van der Waals surface area contributed by atoms with Crippen LogP contribution in [0.5, 0.6) is 5.75 Å². The first-order valence-corrected chi connectivity index (χ1v) is 13.8.